The predicted octanol–water partition coefficient (Wildman–Crippen LogP) is 5.14. The number of ether oxygens (including phenoxy) is 1. The van der Waals surface area contributed by atoms with Gasteiger partial charge in [-0.2, -0.15) is 0 Å². The van der Waals surface area contributed by atoms with Crippen LogP contribution in [0.2, 0.25) is 0 Å². The molecule has 3 aromatic rings. The summed E-state index contributed by atoms with van der Waals surface area (Å²) in [7, 11) is 1.30. The first kappa shape index (κ1) is 26.7. The smallest absolute Gasteiger partial charge is 0.417 e. The first-order chi connectivity index (χ1) is 18.9. The lowest BCUT2D eigenvalue weighted by molar-refractivity contribution is 0.0696. The third kappa shape index (κ3) is 6.07. The van der Waals surface area contributed by atoms with Gasteiger partial charge in [0.1, 0.15) is 5.03 Å². The molecule has 9 nitrogen and oxygen atoms in total. The van der Waals surface area contributed by atoms with E-state index >= 15 is 0 Å². The van der Waals surface area contributed by atoms with Crippen LogP contribution >= 0.6 is 11.8 Å². The number of urea groups is 1. The molecule has 3 heterocycles. The van der Waals surface area contributed by atoms with Crippen LogP contribution in [-0.2, 0) is 11.3 Å². The summed E-state index contributed by atoms with van der Waals surface area (Å²) in [5, 5.41) is 9.89. The summed E-state index contributed by atoms with van der Waals surface area (Å²) in [6, 6.07) is 20.2. The standard InChI is InChI=1S/C29H30N4O5S/c1-38-29(37)32-19-25(21-5-3-2-4-6-21)33(28(32)36)23-13-15-31(16-14-23)18-20-7-12-26(30-17-20)39-24-10-8-22(9-11-24)27(34)35/h2-12,17,23,25H,13-16,18-19H2,1H3,(H,34,35)/t25-/m0/s1. The molecule has 39 heavy (non-hydrogen) atoms. The van der Waals surface area contributed by atoms with Crippen LogP contribution in [-0.4, -0.2) is 75.7 Å². The Labute approximate surface area is 231 Å². The highest BCUT2D eigenvalue weighted by molar-refractivity contribution is 7.99. The number of benzene rings is 2. The largest absolute Gasteiger partial charge is 0.478 e. The van der Waals surface area contributed by atoms with E-state index in [1.807, 2.05) is 47.5 Å². The molecule has 5 rings (SSSR count). The van der Waals surface area contributed by atoms with Gasteiger partial charge in [0.15, 0.2) is 0 Å². The molecule has 2 aliphatic heterocycles. The molecular weight excluding hydrogens is 516 g/mol. The first-order valence-corrected chi connectivity index (χ1v) is 13.7. The van der Waals surface area contributed by atoms with Gasteiger partial charge in [-0.05, 0) is 54.3 Å². The molecule has 2 aliphatic rings. The minimum absolute atomic E-state index is 0.0398. The van der Waals surface area contributed by atoms with Crippen LogP contribution in [0.25, 0.3) is 0 Å². The van der Waals surface area contributed by atoms with Gasteiger partial charge in [0.2, 0.25) is 0 Å². The summed E-state index contributed by atoms with van der Waals surface area (Å²) in [5.41, 5.74) is 2.38. The monoisotopic (exact) mass is 546 g/mol. The minimum Gasteiger partial charge on any atom is -0.478 e. The lowest BCUT2D eigenvalue weighted by Gasteiger charge is -2.38. The van der Waals surface area contributed by atoms with Gasteiger partial charge >= 0.3 is 18.1 Å². The lowest BCUT2D eigenvalue weighted by atomic mass is 9.99. The second-order valence-corrected chi connectivity index (χ2v) is 10.7. The van der Waals surface area contributed by atoms with E-state index in [9.17, 15) is 14.4 Å². The third-order valence-electron chi connectivity index (χ3n) is 7.20. The Morgan fingerprint density at radius 2 is 1.74 bits per heavy atom. The topological polar surface area (TPSA) is 103 Å². The zero-order valence-electron chi connectivity index (χ0n) is 21.6. The van der Waals surface area contributed by atoms with Crippen LogP contribution in [0.1, 0.15) is 40.4 Å². The van der Waals surface area contributed by atoms with Gasteiger partial charge in [-0.1, -0.05) is 48.2 Å². The second kappa shape index (κ2) is 11.9. The molecule has 0 bridgehead atoms. The molecule has 1 aromatic heterocycles. The second-order valence-electron chi connectivity index (χ2n) is 9.64. The summed E-state index contributed by atoms with van der Waals surface area (Å²) in [6.07, 6.45) is 2.89. The van der Waals surface area contributed by atoms with Crippen LogP contribution in [0.15, 0.2) is 82.8 Å². The van der Waals surface area contributed by atoms with E-state index in [1.165, 1.54) is 23.8 Å². The highest BCUT2D eigenvalue weighted by Gasteiger charge is 2.45. The first-order valence-electron chi connectivity index (χ1n) is 12.8. The summed E-state index contributed by atoms with van der Waals surface area (Å²) in [4.78, 5) is 47.5. The van der Waals surface area contributed by atoms with Gasteiger partial charge in [0.05, 0.1) is 25.3 Å². The average molecular weight is 547 g/mol. The number of hydrogen-bond donors (Lipinski definition) is 1. The molecule has 202 valence electrons. The molecule has 0 unspecified atom stereocenters. The summed E-state index contributed by atoms with van der Waals surface area (Å²) in [5.74, 6) is -0.940. The number of nitrogens with zero attached hydrogens (tertiary/aromatic N) is 4. The van der Waals surface area contributed by atoms with Crippen molar-refractivity contribution in [3.8, 4) is 0 Å². The quantitative estimate of drug-likeness (QED) is 0.435. The number of carbonyl (C=O) groups excluding carboxylic acids is 2. The number of methoxy groups -OCH3 is 1. The summed E-state index contributed by atoms with van der Waals surface area (Å²) in [6.45, 7) is 2.72. The fraction of sp³-hybridized carbons (Fsp3) is 0.310. The molecule has 2 aromatic carbocycles. The maximum absolute atomic E-state index is 13.3. The molecule has 2 fully saturated rings. The fourth-order valence-corrected chi connectivity index (χ4v) is 5.95. The van der Waals surface area contributed by atoms with Gasteiger partial charge in [-0.15, -0.1) is 0 Å². The van der Waals surface area contributed by atoms with Gasteiger partial charge in [-0.3, -0.25) is 4.90 Å². The van der Waals surface area contributed by atoms with Crippen molar-refractivity contribution < 1.29 is 24.2 Å². The Balaban J connectivity index is 1.18. The van der Waals surface area contributed by atoms with Gasteiger partial charge in [-0.25, -0.2) is 24.3 Å². The Morgan fingerprint density at radius 1 is 1.03 bits per heavy atom. The van der Waals surface area contributed by atoms with Crippen molar-refractivity contribution in [3.05, 3.63) is 89.6 Å². The summed E-state index contributed by atoms with van der Waals surface area (Å²) >= 11 is 1.49. The Bertz CT molecular complexity index is 1310. The Morgan fingerprint density at radius 3 is 2.36 bits per heavy atom. The van der Waals surface area contributed by atoms with Crippen LogP contribution in [0.3, 0.4) is 0 Å². The highest BCUT2D eigenvalue weighted by Crippen LogP contribution is 2.35. The number of aromatic carboxylic acids is 1. The van der Waals surface area contributed by atoms with E-state index in [-0.39, 0.29) is 30.2 Å². The Kier molecular flexibility index (Phi) is 8.13. The number of pyridine rings is 1. The Hall–Kier alpha value is -3.89. The maximum Gasteiger partial charge on any atom is 0.417 e. The number of amides is 3. The molecular formula is C29H30N4O5S. The van der Waals surface area contributed by atoms with Crippen LogP contribution in [0.4, 0.5) is 9.59 Å². The van der Waals surface area contributed by atoms with E-state index in [2.05, 4.69) is 16.0 Å². The van der Waals surface area contributed by atoms with Crippen molar-refractivity contribution in [2.24, 2.45) is 0 Å². The van der Waals surface area contributed by atoms with Crippen LogP contribution in [0.5, 0.6) is 0 Å². The van der Waals surface area contributed by atoms with E-state index < -0.39 is 12.1 Å². The van der Waals surface area contributed by atoms with E-state index in [4.69, 9.17) is 9.84 Å². The number of carbonyl (C=O) groups is 3. The number of aromatic nitrogens is 1. The van der Waals surface area contributed by atoms with Gasteiger partial charge in [0, 0.05) is 36.8 Å². The van der Waals surface area contributed by atoms with Gasteiger partial charge < -0.3 is 14.7 Å². The molecule has 2 saturated heterocycles. The number of piperidine rings is 1. The highest BCUT2D eigenvalue weighted by atomic mass is 32.2. The number of rotatable bonds is 7. The lowest BCUT2D eigenvalue weighted by Crippen LogP contribution is -2.47. The molecule has 0 saturated carbocycles. The van der Waals surface area contributed by atoms with E-state index in [1.54, 1.807) is 24.3 Å². The molecule has 1 atom stereocenters. The zero-order chi connectivity index (χ0) is 27.4. The number of carboxylic acid groups (broad SMARTS) is 1. The van der Waals surface area contributed by atoms with E-state index in [0.717, 1.165) is 53.5 Å². The third-order valence-corrected chi connectivity index (χ3v) is 8.16. The van der Waals surface area contributed by atoms with Crippen LogP contribution < -0.4 is 0 Å². The number of likely N-dealkylation sites (tertiary alicyclic amines) is 1. The fourth-order valence-electron chi connectivity index (χ4n) is 5.19. The maximum atomic E-state index is 13.3. The van der Waals surface area contributed by atoms with Crippen molar-refractivity contribution >= 4 is 29.9 Å². The zero-order valence-corrected chi connectivity index (χ0v) is 22.4. The molecule has 1 N–H and O–H groups in total. The number of carboxylic acids is 1. The van der Waals surface area contributed by atoms with E-state index in [0.29, 0.717) is 0 Å². The van der Waals surface area contributed by atoms with Crippen molar-refractivity contribution in [1.29, 1.82) is 0 Å². The minimum atomic E-state index is -0.940. The normalized spacial score (nSPS) is 18.4. The van der Waals surface area contributed by atoms with Crippen molar-refractivity contribution in [3.63, 3.8) is 0 Å². The molecule has 3 amide bonds. The van der Waals surface area contributed by atoms with Crippen molar-refractivity contribution in [1.82, 2.24) is 19.7 Å². The van der Waals surface area contributed by atoms with Gasteiger partial charge in [0.25, 0.3) is 0 Å². The number of imide groups is 1. The van der Waals surface area contributed by atoms with Crippen molar-refractivity contribution in [2.75, 3.05) is 26.7 Å². The summed E-state index contributed by atoms with van der Waals surface area (Å²) < 4.78 is 4.87. The SMILES string of the molecule is COC(=O)N1C[C@@H](c2ccccc2)N(C2CCN(Cc3ccc(Sc4ccc(C(=O)O)cc4)nc3)CC2)C1=O. The number of hydrogen-bond acceptors (Lipinski definition) is 7. The molecule has 0 aliphatic carbocycles. The predicted molar refractivity (Wildman–Crippen MR) is 146 cm³/mol. The van der Waals surface area contributed by atoms with Crippen LogP contribution in [0, 0.1) is 0 Å². The molecule has 10 heteroatoms. The van der Waals surface area contributed by atoms with Crippen molar-refractivity contribution in [2.45, 2.75) is 41.4 Å². The molecule has 0 spiro atoms. The molecule has 0 radical (unpaired) electrons. The average Bonchev–Trinajstić information content (AvgIpc) is 3.31.